The molecule has 24 heavy (non-hydrogen) atoms. The van der Waals surface area contributed by atoms with Gasteiger partial charge in [0.25, 0.3) is 5.91 Å². The molecule has 3 rings (SSSR count). The van der Waals surface area contributed by atoms with Crippen LogP contribution in [0.25, 0.3) is 0 Å². The summed E-state index contributed by atoms with van der Waals surface area (Å²) in [5.41, 5.74) is 1.70. The first-order valence-electron chi connectivity index (χ1n) is 7.96. The molecule has 0 aliphatic carbocycles. The van der Waals surface area contributed by atoms with Crippen molar-refractivity contribution in [1.82, 2.24) is 9.97 Å². The number of ether oxygens (including phenoxy) is 1. The predicted octanol–water partition coefficient (Wildman–Crippen LogP) is 3.04. The lowest BCUT2D eigenvalue weighted by Gasteiger charge is -2.12. The molecule has 1 unspecified atom stereocenters. The van der Waals surface area contributed by atoms with Gasteiger partial charge in [-0.05, 0) is 43.5 Å². The highest BCUT2D eigenvalue weighted by atomic mass is 19.1. The predicted molar refractivity (Wildman–Crippen MR) is 88.7 cm³/mol. The summed E-state index contributed by atoms with van der Waals surface area (Å²) in [6.07, 6.45) is 3.12. The van der Waals surface area contributed by atoms with Gasteiger partial charge in [-0.1, -0.05) is 6.92 Å². The van der Waals surface area contributed by atoms with Gasteiger partial charge < -0.3 is 15.4 Å². The summed E-state index contributed by atoms with van der Waals surface area (Å²) in [5.74, 6) is -0.448. The van der Waals surface area contributed by atoms with Crippen molar-refractivity contribution in [2.75, 3.05) is 17.2 Å². The molecule has 2 N–H and O–H groups in total. The second-order valence-electron chi connectivity index (χ2n) is 5.53. The summed E-state index contributed by atoms with van der Waals surface area (Å²) in [5, 5.41) is 5.73. The second kappa shape index (κ2) is 7.35. The van der Waals surface area contributed by atoms with Crippen molar-refractivity contribution >= 4 is 23.1 Å². The average molecular weight is 330 g/mol. The van der Waals surface area contributed by atoms with Gasteiger partial charge >= 0.3 is 0 Å². The number of aryl methyl sites for hydroxylation is 1. The van der Waals surface area contributed by atoms with Gasteiger partial charge in [-0.2, -0.15) is 0 Å². The third-order valence-electron chi connectivity index (χ3n) is 3.83. The van der Waals surface area contributed by atoms with Crippen LogP contribution >= 0.6 is 0 Å². The maximum Gasteiger partial charge on any atom is 0.253 e. The van der Waals surface area contributed by atoms with Crippen LogP contribution in [-0.2, 0) is 16.0 Å². The number of nitrogens with zero attached hydrogens (tertiary/aromatic N) is 2. The summed E-state index contributed by atoms with van der Waals surface area (Å²) in [6.45, 7) is 2.46. The lowest BCUT2D eigenvalue weighted by atomic mass is 10.2. The average Bonchev–Trinajstić information content (AvgIpc) is 3.13. The number of aromatic nitrogens is 2. The number of nitrogens with one attached hydrogen (secondary N) is 2. The fourth-order valence-corrected chi connectivity index (χ4v) is 2.52. The van der Waals surface area contributed by atoms with Gasteiger partial charge in [0.2, 0.25) is 0 Å². The molecule has 6 nitrogen and oxygen atoms in total. The maximum atomic E-state index is 14.1. The second-order valence-corrected chi connectivity index (χ2v) is 5.53. The summed E-state index contributed by atoms with van der Waals surface area (Å²) >= 11 is 0. The van der Waals surface area contributed by atoms with E-state index in [1.54, 1.807) is 24.3 Å². The van der Waals surface area contributed by atoms with Crippen LogP contribution in [0.3, 0.4) is 0 Å². The maximum absolute atomic E-state index is 14.1. The topological polar surface area (TPSA) is 76.1 Å². The summed E-state index contributed by atoms with van der Waals surface area (Å²) in [7, 11) is 0. The minimum atomic E-state index is -0.448. The van der Waals surface area contributed by atoms with Gasteiger partial charge in [-0.15, -0.1) is 0 Å². The van der Waals surface area contributed by atoms with E-state index in [1.165, 1.54) is 6.33 Å². The molecule has 1 aliphatic rings. The third-order valence-corrected chi connectivity index (χ3v) is 3.83. The highest BCUT2D eigenvalue weighted by Gasteiger charge is 2.23. The van der Waals surface area contributed by atoms with Crippen molar-refractivity contribution in [3.05, 3.63) is 42.1 Å². The zero-order chi connectivity index (χ0) is 16.9. The molecular formula is C17H19FN4O2. The zero-order valence-corrected chi connectivity index (χ0v) is 13.4. The van der Waals surface area contributed by atoms with E-state index >= 15 is 0 Å². The smallest absolute Gasteiger partial charge is 0.253 e. The van der Waals surface area contributed by atoms with Crippen LogP contribution in [0.15, 0.2) is 30.6 Å². The molecule has 1 fully saturated rings. The Morgan fingerprint density at radius 1 is 1.29 bits per heavy atom. The minimum absolute atomic E-state index is 0.136. The Morgan fingerprint density at radius 3 is 2.71 bits per heavy atom. The normalized spacial score (nSPS) is 16.8. The van der Waals surface area contributed by atoms with Crippen LogP contribution in [0, 0.1) is 5.82 Å². The molecule has 1 aliphatic heterocycles. The summed E-state index contributed by atoms with van der Waals surface area (Å²) < 4.78 is 19.5. The molecule has 0 bridgehead atoms. The Morgan fingerprint density at radius 2 is 2.04 bits per heavy atom. The molecule has 0 spiro atoms. The largest absolute Gasteiger partial charge is 0.368 e. The lowest BCUT2D eigenvalue weighted by Crippen LogP contribution is -2.26. The fourth-order valence-electron chi connectivity index (χ4n) is 2.52. The van der Waals surface area contributed by atoms with Gasteiger partial charge in [-0.3, -0.25) is 4.79 Å². The number of benzene rings is 1. The SMILES string of the molecule is CCc1ncnc(Nc2ccc(NC(=O)C3CCCO3)cc2)c1F. The van der Waals surface area contributed by atoms with Crippen LogP contribution in [0.5, 0.6) is 0 Å². The van der Waals surface area contributed by atoms with E-state index in [9.17, 15) is 9.18 Å². The standard InChI is InChI=1S/C17H19FN4O2/c1-2-13-15(18)16(20-10-19-13)21-11-5-7-12(8-6-11)22-17(23)14-4-3-9-24-14/h5-8,10,14H,2-4,9H2,1H3,(H,22,23)(H,19,20,21). The molecule has 1 saturated heterocycles. The quantitative estimate of drug-likeness (QED) is 0.881. The van der Waals surface area contributed by atoms with Gasteiger partial charge in [0.1, 0.15) is 12.4 Å². The van der Waals surface area contributed by atoms with Crippen LogP contribution in [-0.4, -0.2) is 28.6 Å². The molecule has 0 saturated carbocycles. The van der Waals surface area contributed by atoms with E-state index in [4.69, 9.17) is 4.74 Å². The van der Waals surface area contributed by atoms with E-state index in [2.05, 4.69) is 20.6 Å². The van der Waals surface area contributed by atoms with Crippen LogP contribution < -0.4 is 10.6 Å². The van der Waals surface area contributed by atoms with Gasteiger partial charge in [0.05, 0.1) is 5.69 Å². The van der Waals surface area contributed by atoms with Crippen molar-refractivity contribution in [1.29, 1.82) is 0 Å². The number of anilines is 3. The Balaban J connectivity index is 1.65. The molecule has 1 aromatic heterocycles. The fraction of sp³-hybridized carbons (Fsp3) is 0.353. The molecule has 2 heterocycles. The number of carbonyl (C=O) groups excluding carboxylic acids is 1. The van der Waals surface area contributed by atoms with E-state index in [1.807, 2.05) is 6.92 Å². The third kappa shape index (κ3) is 3.68. The van der Waals surface area contributed by atoms with Crippen molar-refractivity contribution in [2.45, 2.75) is 32.3 Å². The number of halogens is 1. The Labute approximate surface area is 139 Å². The van der Waals surface area contributed by atoms with Crippen LogP contribution in [0.2, 0.25) is 0 Å². The number of hydrogen-bond acceptors (Lipinski definition) is 5. The van der Waals surface area contributed by atoms with Crippen molar-refractivity contribution in [3.8, 4) is 0 Å². The van der Waals surface area contributed by atoms with Gasteiger partial charge in [0.15, 0.2) is 11.6 Å². The van der Waals surface area contributed by atoms with Crippen molar-refractivity contribution in [2.24, 2.45) is 0 Å². The van der Waals surface area contributed by atoms with Crippen molar-refractivity contribution in [3.63, 3.8) is 0 Å². The number of carbonyl (C=O) groups is 1. The van der Waals surface area contributed by atoms with E-state index < -0.39 is 5.82 Å². The molecule has 1 aromatic carbocycles. The first kappa shape index (κ1) is 16.3. The molecule has 126 valence electrons. The van der Waals surface area contributed by atoms with Gasteiger partial charge in [0, 0.05) is 18.0 Å². The first-order chi connectivity index (χ1) is 11.7. The Hall–Kier alpha value is -2.54. The zero-order valence-electron chi connectivity index (χ0n) is 13.4. The molecule has 1 atom stereocenters. The van der Waals surface area contributed by atoms with E-state index in [0.717, 1.165) is 12.8 Å². The van der Waals surface area contributed by atoms with E-state index in [0.29, 0.717) is 30.1 Å². The van der Waals surface area contributed by atoms with Gasteiger partial charge in [-0.25, -0.2) is 14.4 Å². The highest BCUT2D eigenvalue weighted by Crippen LogP contribution is 2.21. The molecule has 1 amide bonds. The first-order valence-corrected chi connectivity index (χ1v) is 7.96. The molecule has 7 heteroatoms. The minimum Gasteiger partial charge on any atom is -0.368 e. The van der Waals surface area contributed by atoms with Crippen molar-refractivity contribution < 1.29 is 13.9 Å². The monoisotopic (exact) mass is 330 g/mol. The number of rotatable bonds is 5. The Bertz CT molecular complexity index is 715. The number of hydrogen-bond donors (Lipinski definition) is 2. The Kier molecular flexibility index (Phi) is 5.00. The summed E-state index contributed by atoms with van der Waals surface area (Å²) in [4.78, 5) is 19.8. The van der Waals surface area contributed by atoms with Crippen LogP contribution in [0.4, 0.5) is 21.6 Å². The van der Waals surface area contributed by atoms with Crippen LogP contribution in [0.1, 0.15) is 25.5 Å². The molecule has 2 aromatic rings. The lowest BCUT2D eigenvalue weighted by molar-refractivity contribution is -0.124. The molecule has 0 radical (unpaired) electrons. The number of amides is 1. The highest BCUT2D eigenvalue weighted by molar-refractivity contribution is 5.94. The summed E-state index contributed by atoms with van der Waals surface area (Å²) in [6, 6.07) is 6.99. The van der Waals surface area contributed by atoms with E-state index in [-0.39, 0.29) is 17.8 Å². The molecular weight excluding hydrogens is 311 g/mol.